The average molecular weight is 469 g/mol. The summed E-state index contributed by atoms with van der Waals surface area (Å²) in [7, 11) is 0. The molecule has 2 aromatic rings. The van der Waals surface area contributed by atoms with Crippen molar-refractivity contribution in [3.63, 3.8) is 0 Å². The van der Waals surface area contributed by atoms with E-state index in [0.29, 0.717) is 0 Å². The van der Waals surface area contributed by atoms with Crippen molar-refractivity contribution in [3.8, 4) is 9.75 Å². The summed E-state index contributed by atoms with van der Waals surface area (Å²) in [6, 6.07) is 9.56. The Bertz CT molecular complexity index is 575. The fourth-order valence-corrected chi connectivity index (χ4v) is 24.7. The van der Waals surface area contributed by atoms with Gasteiger partial charge in [-0.25, -0.2) is 0 Å². The number of aryl methyl sites for hydroxylation is 1. The minimum atomic E-state index is -2.21. The maximum absolute atomic E-state index is 2.55. The predicted molar refractivity (Wildman–Crippen MR) is 117 cm³/mol. The van der Waals surface area contributed by atoms with Crippen LogP contribution in [0, 0.1) is 6.92 Å². The zero-order valence-electron chi connectivity index (χ0n) is 16.0. The van der Waals surface area contributed by atoms with Crippen molar-refractivity contribution in [3.05, 3.63) is 29.1 Å². The van der Waals surface area contributed by atoms with E-state index in [2.05, 4.69) is 63.3 Å². The fraction of sp³-hybridized carbons (Fsp3) is 0.619. The van der Waals surface area contributed by atoms with Gasteiger partial charge in [0.15, 0.2) is 0 Å². The quantitative estimate of drug-likeness (QED) is 0.294. The van der Waals surface area contributed by atoms with Crippen LogP contribution in [-0.4, -0.2) is 18.4 Å². The van der Waals surface area contributed by atoms with E-state index in [0.717, 1.165) is 0 Å². The molecule has 0 bridgehead atoms. The van der Waals surface area contributed by atoms with Crippen molar-refractivity contribution in [1.82, 2.24) is 0 Å². The van der Waals surface area contributed by atoms with Crippen LogP contribution in [0.4, 0.5) is 0 Å². The third-order valence-electron chi connectivity index (χ3n) is 5.14. The summed E-state index contributed by atoms with van der Waals surface area (Å²) in [5.74, 6) is 0. The van der Waals surface area contributed by atoms with E-state index >= 15 is 0 Å². The molecule has 0 saturated carbocycles. The summed E-state index contributed by atoms with van der Waals surface area (Å²) in [5, 5.41) is 0. The van der Waals surface area contributed by atoms with Gasteiger partial charge >= 0.3 is 162 Å². The maximum atomic E-state index is 2.55. The number of unbranched alkanes of at least 4 members (excludes halogenated alkanes) is 3. The number of rotatable bonds is 11. The molecule has 0 unspecified atom stereocenters. The predicted octanol–water partition coefficient (Wildman–Crippen LogP) is 7.84. The molecular formula is C21H34S2Sn. The van der Waals surface area contributed by atoms with Crippen molar-refractivity contribution in [1.29, 1.82) is 0 Å². The fourth-order valence-electron chi connectivity index (χ4n) is 3.61. The van der Waals surface area contributed by atoms with Gasteiger partial charge in [0.1, 0.15) is 0 Å². The van der Waals surface area contributed by atoms with Gasteiger partial charge in [-0.2, -0.15) is 0 Å². The van der Waals surface area contributed by atoms with Gasteiger partial charge < -0.3 is 0 Å². The molecular weight excluding hydrogens is 435 g/mol. The van der Waals surface area contributed by atoms with Crippen molar-refractivity contribution >= 4 is 43.9 Å². The van der Waals surface area contributed by atoms with E-state index in [9.17, 15) is 0 Å². The molecule has 0 aromatic carbocycles. The summed E-state index contributed by atoms with van der Waals surface area (Å²) in [6.07, 6.45) is 8.44. The second-order valence-corrected chi connectivity index (χ2v) is 23.7. The van der Waals surface area contributed by atoms with E-state index in [1.165, 1.54) is 53.2 Å². The van der Waals surface area contributed by atoms with Crippen LogP contribution >= 0.6 is 22.7 Å². The van der Waals surface area contributed by atoms with Gasteiger partial charge in [-0.05, 0) is 0 Å². The zero-order valence-corrected chi connectivity index (χ0v) is 20.5. The first kappa shape index (κ1) is 20.5. The molecule has 0 N–H and O–H groups in total. The third kappa shape index (κ3) is 5.35. The van der Waals surface area contributed by atoms with Crippen molar-refractivity contribution in [2.24, 2.45) is 0 Å². The Labute approximate surface area is 161 Å². The molecule has 2 aromatic heterocycles. The van der Waals surface area contributed by atoms with Gasteiger partial charge in [0.2, 0.25) is 0 Å². The van der Waals surface area contributed by atoms with Gasteiger partial charge in [-0.1, -0.05) is 0 Å². The van der Waals surface area contributed by atoms with Crippen molar-refractivity contribution < 1.29 is 0 Å². The Morgan fingerprint density at radius 1 is 0.708 bits per heavy atom. The van der Waals surface area contributed by atoms with Crippen LogP contribution in [0.1, 0.15) is 64.2 Å². The van der Waals surface area contributed by atoms with Crippen LogP contribution in [0.3, 0.4) is 0 Å². The second-order valence-electron chi connectivity index (χ2n) is 7.17. The molecule has 0 aliphatic heterocycles. The molecule has 2 heterocycles. The van der Waals surface area contributed by atoms with Crippen LogP contribution < -0.4 is 2.89 Å². The van der Waals surface area contributed by atoms with Crippen molar-refractivity contribution in [2.45, 2.75) is 79.5 Å². The molecule has 0 radical (unpaired) electrons. The van der Waals surface area contributed by atoms with Crippen LogP contribution in [-0.2, 0) is 0 Å². The SMILES string of the molecule is CCC[CH2][Sn]([CH2]CCC)([CH2]CCC)[c]1ccc(-c2ccc(C)s2)s1. The van der Waals surface area contributed by atoms with Gasteiger partial charge in [0.05, 0.1) is 0 Å². The Kier molecular flexibility index (Phi) is 8.86. The first-order chi connectivity index (χ1) is 11.6. The molecule has 0 aliphatic carbocycles. The van der Waals surface area contributed by atoms with Gasteiger partial charge in [-0.15, -0.1) is 0 Å². The topological polar surface area (TPSA) is 0 Å². The monoisotopic (exact) mass is 470 g/mol. The molecule has 24 heavy (non-hydrogen) atoms. The van der Waals surface area contributed by atoms with E-state index in [1.807, 2.05) is 14.2 Å². The number of hydrogen-bond donors (Lipinski definition) is 0. The summed E-state index contributed by atoms with van der Waals surface area (Å²) in [4.78, 5) is 4.43. The van der Waals surface area contributed by atoms with Crippen LogP contribution in [0.25, 0.3) is 9.75 Å². The normalized spacial score (nSPS) is 12.0. The third-order valence-corrected chi connectivity index (χ3v) is 25.7. The summed E-state index contributed by atoms with van der Waals surface area (Å²) in [6.45, 7) is 9.32. The molecule has 0 aliphatic rings. The standard InChI is InChI=1S/C9H7S2.3C4H9.Sn/c1-7-4-5-9(11-7)8-3-2-6-10-8;3*1-3-4-2;/h2-5H,1H3;3*1,3-4H2,2H3;. The first-order valence-corrected chi connectivity index (χ1v) is 18.9. The van der Waals surface area contributed by atoms with Gasteiger partial charge in [-0.3, -0.25) is 0 Å². The molecule has 3 heteroatoms. The minimum absolute atomic E-state index is 1.36. The van der Waals surface area contributed by atoms with E-state index in [-0.39, 0.29) is 0 Å². The Hall–Kier alpha value is 0.199. The summed E-state index contributed by atoms with van der Waals surface area (Å²) >= 11 is 1.90. The first-order valence-electron chi connectivity index (χ1n) is 9.82. The molecule has 0 saturated heterocycles. The number of hydrogen-bond acceptors (Lipinski definition) is 2. The second kappa shape index (κ2) is 10.4. The Morgan fingerprint density at radius 3 is 1.67 bits per heavy atom. The van der Waals surface area contributed by atoms with Crippen molar-refractivity contribution in [2.75, 3.05) is 0 Å². The Morgan fingerprint density at radius 2 is 1.21 bits per heavy atom. The molecule has 0 amide bonds. The molecule has 2 rings (SSSR count). The number of thiophene rings is 2. The van der Waals surface area contributed by atoms with E-state index in [1.54, 1.807) is 13.3 Å². The van der Waals surface area contributed by atoms with Crippen LogP contribution in [0.15, 0.2) is 24.3 Å². The van der Waals surface area contributed by atoms with Crippen LogP contribution in [0.2, 0.25) is 13.3 Å². The van der Waals surface area contributed by atoms with Gasteiger partial charge in [0, 0.05) is 0 Å². The molecule has 134 valence electrons. The molecule has 0 fully saturated rings. The Balaban J connectivity index is 2.31. The molecule has 0 spiro atoms. The average Bonchev–Trinajstić information content (AvgIpc) is 3.24. The van der Waals surface area contributed by atoms with Crippen LogP contribution in [0.5, 0.6) is 0 Å². The van der Waals surface area contributed by atoms with E-state index in [4.69, 9.17) is 0 Å². The van der Waals surface area contributed by atoms with E-state index < -0.39 is 18.4 Å². The summed E-state index contributed by atoms with van der Waals surface area (Å²) < 4.78 is 6.60. The summed E-state index contributed by atoms with van der Waals surface area (Å²) in [5.41, 5.74) is 0. The van der Waals surface area contributed by atoms with Gasteiger partial charge in [0.25, 0.3) is 0 Å². The molecule has 0 atom stereocenters. The zero-order chi connectivity index (χ0) is 17.4. The molecule has 0 nitrogen and oxygen atoms in total.